The number of H-pyrrole nitrogens is 1. The Hall–Kier alpha value is -1.55. The first kappa shape index (κ1) is 8.07. The van der Waals surface area contributed by atoms with E-state index in [1.807, 2.05) is 0 Å². The van der Waals surface area contributed by atoms with E-state index in [0.29, 0.717) is 10.9 Å². The Balaban J connectivity index is 2.88. The molecule has 66 valence electrons. The molecule has 0 aliphatic heterocycles. The van der Waals surface area contributed by atoms with Crippen molar-refractivity contribution in [2.24, 2.45) is 0 Å². The first-order valence-electron chi connectivity index (χ1n) is 3.55. The zero-order valence-electron chi connectivity index (χ0n) is 6.41. The molecule has 1 heterocycles. The molecule has 0 atom stereocenters. The predicted octanol–water partition coefficient (Wildman–Crippen LogP) is 1.91. The normalized spacial score (nSPS) is 10.5. The van der Waals surface area contributed by atoms with Crippen LogP contribution in [0.3, 0.4) is 0 Å². The van der Waals surface area contributed by atoms with Crippen LogP contribution in [0.25, 0.3) is 10.9 Å². The van der Waals surface area contributed by atoms with E-state index in [2.05, 4.69) is 10.2 Å². The predicted molar refractivity (Wildman–Crippen MR) is 48.1 cm³/mol. The van der Waals surface area contributed by atoms with Crippen molar-refractivity contribution < 1.29 is 9.90 Å². The molecule has 0 aliphatic rings. The minimum absolute atomic E-state index is 0.0907. The standard InChI is InChI=1S/C8H5ClN2O2/c9-5-1-2-6-4(3-10-11-6)7(5)8(12)13/h1-3H,(H,10,11)(H,12,13). The average molecular weight is 197 g/mol. The molecule has 0 amide bonds. The van der Waals surface area contributed by atoms with Gasteiger partial charge in [0.2, 0.25) is 0 Å². The van der Waals surface area contributed by atoms with Gasteiger partial charge in [0.1, 0.15) is 0 Å². The van der Waals surface area contributed by atoms with E-state index >= 15 is 0 Å². The Bertz CT molecular complexity index is 478. The highest BCUT2D eigenvalue weighted by Gasteiger charge is 2.13. The van der Waals surface area contributed by atoms with E-state index in [4.69, 9.17) is 16.7 Å². The number of rotatable bonds is 1. The smallest absolute Gasteiger partial charge is 0.337 e. The van der Waals surface area contributed by atoms with Gasteiger partial charge in [-0.3, -0.25) is 5.10 Å². The number of nitrogens with zero attached hydrogens (tertiary/aromatic N) is 1. The molecule has 2 aromatic rings. The zero-order chi connectivity index (χ0) is 9.42. The summed E-state index contributed by atoms with van der Waals surface area (Å²) in [6.45, 7) is 0. The second-order valence-electron chi connectivity index (χ2n) is 2.56. The van der Waals surface area contributed by atoms with E-state index < -0.39 is 5.97 Å². The third kappa shape index (κ3) is 1.15. The summed E-state index contributed by atoms with van der Waals surface area (Å²) in [6.07, 6.45) is 1.45. The molecule has 0 saturated heterocycles. The zero-order valence-corrected chi connectivity index (χ0v) is 7.17. The van der Waals surface area contributed by atoms with Crippen molar-refractivity contribution in [3.63, 3.8) is 0 Å². The van der Waals surface area contributed by atoms with Crippen LogP contribution in [0.1, 0.15) is 10.4 Å². The maximum atomic E-state index is 10.8. The molecule has 0 spiro atoms. The summed E-state index contributed by atoms with van der Waals surface area (Å²) in [5.74, 6) is -1.04. The Morgan fingerprint density at radius 2 is 2.31 bits per heavy atom. The number of carboxylic acid groups (broad SMARTS) is 1. The van der Waals surface area contributed by atoms with Crippen LogP contribution in [0.2, 0.25) is 5.02 Å². The number of benzene rings is 1. The number of fused-ring (bicyclic) bond motifs is 1. The van der Waals surface area contributed by atoms with Crippen molar-refractivity contribution in [1.29, 1.82) is 0 Å². The van der Waals surface area contributed by atoms with Gasteiger partial charge in [-0.1, -0.05) is 11.6 Å². The SMILES string of the molecule is O=C(O)c1c(Cl)ccc2[nH]ncc12. The highest BCUT2D eigenvalue weighted by molar-refractivity contribution is 6.35. The lowest BCUT2D eigenvalue weighted by Gasteiger charge is -1.98. The van der Waals surface area contributed by atoms with Crippen molar-refractivity contribution >= 4 is 28.5 Å². The lowest BCUT2D eigenvalue weighted by molar-refractivity contribution is 0.0699. The third-order valence-corrected chi connectivity index (χ3v) is 2.10. The number of aromatic carboxylic acids is 1. The van der Waals surface area contributed by atoms with Crippen LogP contribution in [0.4, 0.5) is 0 Å². The second kappa shape index (κ2) is 2.74. The summed E-state index contributed by atoms with van der Waals surface area (Å²) < 4.78 is 0. The molecule has 0 unspecified atom stereocenters. The van der Waals surface area contributed by atoms with Crippen molar-refractivity contribution in [2.45, 2.75) is 0 Å². The first-order valence-corrected chi connectivity index (χ1v) is 3.93. The minimum atomic E-state index is -1.04. The van der Waals surface area contributed by atoms with E-state index in [9.17, 15) is 4.79 Å². The lowest BCUT2D eigenvalue weighted by Crippen LogP contribution is -1.97. The number of aromatic nitrogens is 2. The van der Waals surface area contributed by atoms with E-state index in [-0.39, 0.29) is 10.6 Å². The van der Waals surface area contributed by atoms with Crippen molar-refractivity contribution in [1.82, 2.24) is 10.2 Å². The Morgan fingerprint density at radius 1 is 1.54 bits per heavy atom. The van der Waals surface area contributed by atoms with Crippen LogP contribution < -0.4 is 0 Å². The summed E-state index contributed by atoms with van der Waals surface area (Å²) in [7, 11) is 0. The van der Waals surface area contributed by atoms with Crippen LogP contribution >= 0.6 is 11.6 Å². The topological polar surface area (TPSA) is 66.0 Å². The van der Waals surface area contributed by atoms with Gasteiger partial charge < -0.3 is 5.11 Å². The monoisotopic (exact) mass is 196 g/mol. The molecule has 1 aromatic carbocycles. The van der Waals surface area contributed by atoms with E-state index in [1.54, 1.807) is 6.07 Å². The number of hydrogen-bond donors (Lipinski definition) is 2. The molecule has 0 aliphatic carbocycles. The van der Waals surface area contributed by atoms with Gasteiger partial charge >= 0.3 is 5.97 Å². The van der Waals surface area contributed by atoms with E-state index in [1.165, 1.54) is 12.3 Å². The average Bonchev–Trinajstić information content (AvgIpc) is 2.50. The van der Waals surface area contributed by atoms with E-state index in [0.717, 1.165) is 0 Å². The number of aromatic amines is 1. The van der Waals surface area contributed by atoms with Crippen LogP contribution in [-0.2, 0) is 0 Å². The summed E-state index contributed by atoms with van der Waals surface area (Å²) in [4.78, 5) is 10.8. The number of halogens is 1. The maximum absolute atomic E-state index is 10.8. The quantitative estimate of drug-likeness (QED) is 0.732. The van der Waals surface area contributed by atoms with Crippen LogP contribution in [0, 0.1) is 0 Å². The van der Waals surface area contributed by atoms with Crippen molar-refractivity contribution in [3.05, 3.63) is 28.9 Å². The molecular weight excluding hydrogens is 192 g/mol. The third-order valence-electron chi connectivity index (χ3n) is 1.79. The van der Waals surface area contributed by atoms with Crippen molar-refractivity contribution in [3.8, 4) is 0 Å². The summed E-state index contributed by atoms with van der Waals surface area (Å²) >= 11 is 5.73. The van der Waals surface area contributed by atoms with Gasteiger partial charge in [-0.15, -0.1) is 0 Å². The number of nitrogens with one attached hydrogen (secondary N) is 1. The molecule has 0 fully saturated rings. The molecule has 4 nitrogen and oxygen atoms in total. The highest BCUT2D eigenvalue weighted by Crippen LogP contribution is 2.24. The molecule has 5 heteroatoms. The van der Waals surface area contributed by atoms with Gasteiger partial charge in [0.05, 0.1) is 22.3 Å². The molecule has 0 bridgehead atoms. The number of hydrogen-bond acceptors (Lipinski definition) is 2. The first-order chi connectivity index (χ1) is 6.20. The number of carbonyl (C=O) groups is 1. The summed E-state index contributed by atoms with van der Waals surface area (Å²) in [6, 6.07) is 3.22. The number of carboxylic acids is 1. The Kier molecular flexibility index (Phi) is 1.70. The fourth-order valence-corrected chi connectivity index (χ4v) is 1.45. The van der Waals surface area contributed by atoms with Gasteiger partial charge in [0.25, 0.3) is 0 Å². The Labute approximate surface area is 78.1 Å². The van der Waals surface area contributed by atoms with Gasteiger partial charge in [0.15, 0.2) is 0 Å². The van der Waals surface area contributed by atoms with Gasteiger partial charge in [-0.25, -0.2) is 4.79 Å². The largest absolute Gasteiger partial charge is 0.478 e. The molecule has 0 radical (unpaired) electrons. The van der Waals surface area contributed by atoms with Gasteiger partial charge in [-0.2, -0.15) is 5.10 Å². The van der Waals surface area contributed by atoms with Gasteiger partial charge in [0, 0.05) is 5.39 Å². The molecule has 0 saturated carbocycles. The van der Waals surface area contributed by atoms with Crippen molar-refractivity contribution in [2.75, 3.05) is 0 Å². The highest BCUT2D eigenvalue weighted by atomic mass is 35.5. The molecule has 2 rings (SSSR count). The minimum Gasteiger partial charge on any atom is -0.478 e. The van der Waals surface area contributed by atoms with Crippen LogP contribution in [0.5, 0.6) is 0 Å². The molecule has 13 heavy (non-hydrogen) atoms. The summed E-state index contributed by atoms with van der Waals surface area (Å²) in [5, 5.41) is 16.0. The Morgan fingerprint density at radius 3 is 3.00 bits per heavy atom. The molecular formula is C8H5ClN2O2. The fourth-order valence-electron chi connectivity index (χ4n) is 1.21. The van der Waals surface area contributed by atoms with Crippen LogP contribution in [0.15, 0.2) is 18.3 Å². The van der Waals surface area contributed by atoms with Crippen LogP contribution in [-0.4, -0.2) is 21.3 Å². The fraction of sp³-hybridized carbons (Fsp3) is 0. The maximum Gasteiger partial charge on any atom is 0.337 e. The lowest BCUT2D eigenvalue weighted by atomic mass is 10.1. The van der Waals surface area contributed by atoms with Gasteiger partial charge in [-0.05, 0) is 12.1 Å². The molecule has 2 N–H and O–H groups in total. The molecule has 1 aromatic heterocycles. The summed E-state index contributed by atoms with van der Waals surface area (Å²) in [5.41, 5.74) is 0.759. The second-order valence-corrected chi connectivity index (χ2v) is 2.97.